The first kappa shape index (κ1) is 27.9. The molecule has 5 rings (SSSR count). The van der Waals surface area contributed by atoms with Crippen molar-refractivity contribution in [2.75, 3.05) is 12.6 Å². The number of likely N-dealkylation sites (tertiary alicyclic amines) is 2. The van der Waals surface area contributed by atoms with Crippen molar-refractivity contribution in [3.63, 3.8) is 0 Å². The summed E-state index contributed by atoms with van der Waals surface area (Å²) >= 11 is 24.2. The Kier molecular flexibility index (Phi) is 6.74. The van der Waals surface area contributed by atoms with E-state index in [1.807, 2.05) is 0 Å². The topological polar surface area (TPSA) is 147 Å². The van der Waals surface area contributed by atoms with Crippen LogP contribution in [0.2, 0.25) is 0 Å². The average molecular weight is 759 g/mol. The van der Waals surface area contributed by atoms with Crippen molar-refractivity contribution in [3.8, 4) is 11.5 Å². The van der Waals surface area contributed by atoms with Gasteiger partial charge in [0.1, 0.15) is 0 Å². The number of fused-ring (bicyclic) bond motifs is 4. The highest BCUT2D eigenvalue weighted by Crippen LogP contribution is 2.66. The Balaban J connectivity index is 1.80. The van der Waals surface area contributed by atoms with Crippen molar-refractivity contribution in [3.05, 3.63) is 32.2 Å². The van der Waals surface area contributed by atoms with E-state index in [2.05, 4.69) is 47.8 Å². The number of phenols is 1. The number of allylic oxidation sites excluding steroid dienone is 2. The molecule has 38 heavy (non-hydrogen) atoms. The fourth-order valence-corrected chi connectivity index (χ4v) is 8.67. The lowest BCUT2D eigenvalue weighted by atomic mass is 9.56. The number of aromatic hydroxyl groups is 1. The van der Waals surface area contributed by atoms with Gasteiger partial charge in [0.2, 0.25) is 11.8 Å². The molecule has 2 aliphatic heterocycles. The fourth-order valence-electron chi connectivity index (χ4n) is 6.29. The summed E-state index contributed by atoms with van der Waals surface area (Å²) in [5.41, 5.74) is 6.01. The van der Waals surface area contributed by atoms with Crippen molar-refractivity contribution in [1.29, 1.82) is 0 Å². The molecule has 15 heteroatoms. The minimum Gasteiger partial charge on any atom is -0.503 e. The molecule has 3 N–H and O–H groups in total. The van der Waals surface area contributed by atoms with Crippen LogP contribution in [0.3, 0.4) is 0 Å². The minimum atomic E-state index is -2.05. The fraction of sp³-hybridized carbons (Fsp3) is 0.435. The minimum absolute atomic E-state index is 0.0491. The Labute approximate surface area is 251 Å². The predicted molar refractivity (Wildman–Crippen MR) is 145 cm³/mol. The Morgan fingerprint density at radius 2 is 1.82 bits per heavy atom. The lowest BCUT2D eigenvalue weighted by Crippen LogP contribution is -2.60. The first-order valence-electron chi connectivity index (χ1n) is 11.2. The van der Waals surface area contributed by atoms with Gasteiger partial charge in [0, 0.05) is 10.4 Å². The standard InChI is InChI=1S/C23H18Br3Cl2N3O7/c1-38-11-4-9(14(25)15(26)16(11)32)13-7-2-3-8-12(18(34)31(17(8)33)21(29)37)10(7)5-22(27)19(35)30(6-24)20(36)23(13,22)28/h2,4,8,10,12-13,32H,3,5-6H2,1H3,(H2,29,37). The highest BCUT2D eigenvalue weighted by molar-refractivity contribution is 9.13. The third-order valence-electron chi connectivity index (χ3n) is 7.94. The molecular weight excluding hydrogens is 741 g/mol. The van der Waals surface area contributed by atoms with Gasteiger partial charge in [-0.05, 0) is 62.2 Å². The number of hydrogen-bond donors (Lipinski definition) is 2. The van der Waals surface area contributed by atoms with Crippen molar-refractivity contribution in [1.82, 2.24) is 9.80 Å². The van der Waals surface area contributed by atoms with E-state index in [1.165, 1.54) is 13.2 Å². The second-order valence-electron chi connectivity index (χ2n) is 9.48. The van der Waals surface area contributed by atoms with E-state index >= 15 is 0 Å². The van der Waals surface area contributed by atoms with Crippen LogP contribution in [0, 0.1) is 17.8 Å². The van der Waals surface area contributed by atoms with Crippen molar-refractivity contribution in [2.45, 2.75) is 28.5 Å². The summed E-state index contributed by atoms with van der Waals surface area (Å²) < 4.78 is 5.84. The van der Waals surface area contributed by atoms with Gasteiger partial charge in [0.05, 0.1) is 28.9 Å². The smallest absolute Gasteiger partial charge is 0.328 e. The number of alkyl halides is 3. The molecule has 0 aromatic heterocycles. The quantitative estimate of drug-likeness (QED) is 0.207. The molecule has 0 radical (unpaired) electrons. The Morgan fingerprint density at radius 1 is 1.16 bits per heavy atom. The van der Waals surface area contributed by atoms with Crippen molar-refractivity contribution in [2.24, 2.45) is 23.5 Å². The summed E-state index contributed by atoms with van der Waals surface area (Å²) in [5.74, 6) is -7.07. The summed E-state index contributed by atoms with van der Waals surface area (Å²) in [4.78, 5) is 62.9. The number of carbonyl (C=O) groups excluding carboxylic acids is 5. The monoisotopic (exact) mass is 755 g/mol. The van der Waals surface area contributed by atoms with E-state index in [4.69, 9.17) is 33.7 Å². The van der Waals surface area contributed by atoms with Crippen molar-refractivity contribution >= 4 is 101 Å². The third-order valence-corrected chi connectivity index (χ3v) is 12.0. The molecule has 0 spiro atoms. The van der Waals surface area contributed by atoms with Gasteiger partial charge in [-0.25, -0.2) is 4.79 Å². The lowest BCUT2D eigenvalue weighted by molar-refractivity contribution is -0.139. The van der Waals surface area contributed by atoms with Crippen LogP contribution in [0.5, 0.6) is 11.5 Å². The molecule has 0 bridgehead atoms. The molecule has 1 aromatic carbocycles. The number of halogens is 5. The molecule has 202 valence electrons. The van der Waals surface area contributed by atoms with E-state index in [1.54, 1.807) is 6.08 Å². The van der Waals surface area contributed by atoms with Gasteiger partial charge >= 0.3 is 6.03 Å². The van der Waals surface area contributed by atoms with Gasteiger partial charge in [-0.15, -0.1) is 23.2 Å². The Morgan fingerprint density at radius 3 is 2.39 bits per heavy atom. The number of ether oxygens (including phenoxy) is 1. The summed E-state index contributed by atoms with van der Waals surface area (Å²) in [7, 11) is 1.34. The van der Waals surface area contributed by atoms with Crippen molar-refractivity contribution < 1.29 is 33.8 Å². The number of urea groups is 1. The molecule has 3 fully saturated rings. The zero-order chi connectivity index (χ0) is 28.1. The molecule has 2 heterocycles. The molecule has 6 amide bonds. The molecule has 6 unspecified atom stereocenters. The van der Waals surface area contributed by atoms with Crippen LogP contribution >= 0.6 is 71.0 Å². The summed E-state index contributed by atoms with van der Waals surface area (Å²) in [6, 6.07) is 0.278. The van der Waals surface area contributed by atoms with E-state index in [0.717, 1.165) is 4.90 Å². The first-order chi connectivity index (χ1) is 17.8. The molecule has 2 saturated heterocycles. The summed E-state index contributed by atoms with van der Waals surface area (Å²) in [6.45, 7) is 0. The second-order valence-corrected chi connectivity index (χ2v) is 12.8. The van der Waals surface area contributed by atoms with Crippen LogP contribution in [0.1, 0.15) is 24.3 Å². The molecule has 1 saturated carbocycles. The molecule has 4 aliphatic rings. The van der Waals surface area contributed by atoms with E-state index < -0.39 is 63.1 Å². The number of phenolic OH excluding ortho intramolecular Hbond substituents is 1. The zero-order valence-electron chi connectivity index (χ0n) is 19.3. The summed E-state index contributed by atoms with van der Waals surface area (Å²) in [5, 5.41) is 10.5. The number of benzene rings is 1. The largest absolute Gasteiger partial charge is 0.503 e. The van der Waals surface area contributed by atoms with E-state index in [0.29, 0.717) is 20.5 Å². The number of primary amides is 1. The third kappa shape index (κ3) is 3.31. The molecule has 6 atom stereocenters. The van der Waals surface area contributed by atoms with Crippen LogP contribution in [0.15, 0.2) is 26.7 Å². The number of rotatable bonds is 3. The van der Waals surface area contributed by atoms with E-state index in [9.17, 15) is 29.1 Å². The highest BCUT2D eigenvalue weighted by atomic mass is 79.9. The van der Waals surface area contributed by atoms with Gasteiger partial charge in [0.25, 0.3) is 11.8 Å². The van der Waals surface area contributed by atoms with Crippen LogP contribution in [0.4, 0.5) is 4.79 Å². The van der Waals surface area contributed by atoms with Gasteiger partial charge in [-0.3, -0.25) is 24.1 Å². The lowest BCUT2D eigenvalue weighted by Gasteiger charge is -2.51. The summed E-state index contributed by atoms with van der Waals surface area (Å²) in [6.07, 6.45) is 1.54. The molecule has 10 nitrogen and oxygen atoms in total. The number of methoxy groups -OCH3 is 1. The number of carbonyl (C=O) groups is 5. The number of nitrogens with zero attached hydrogens (tertiary/aromatic N) is 2. The van der Waals surface area contributed by atoms with Gasteiger partial charge in [0.15, 0.2) is 21.2 Å². The highest BCUT2D eigenvalue weighted by Gasteiger charge is 2.76. The number of imide groups is 4. The van der Waals surface area contributed by atoms with Gasteiger partial charge in [-0.1, -0.05) is 27.6 Å². The van der Waals surface area contributed by atoms with Crippen LogP contribution < -0.4 is 10.5 Å². The molecule has 1 aromatic rings. The maximum atomic E-state index is 13.8. The Bertz CT molecular complexity index is 1390. The van der Waals surface area contributed by atoms with Crippen LogP contribution in [-0.4, -0.2) is 66.9 Å². The number of hydrogen-bond acceptors (Lipinski definition) is 7. The Hall–Kier alpha value is -1.67. The maximum Gasteiger partial charge on any atom is 0.328 e. The maximum absolute atomic E-state index is 13.8. The predicted octanol–water partition coefficient (Wildman–Crippen LogP) is 3.72. The zero-order valence-corrected chi connectivity index (χ0v) is 25.6. The van der Waals surface area contributed by atoms with Crippen LogP contribution in [0.25, 0.3) is 0 Å². The number of nitrogens with two attached hydrogens (primary N) is 1. The normalized spacial score (nSPS) is 34.2. The first-order valence-corrected chi connectivity index (χ1v) is 14.7. The van der Waals surface area contributed by atoms with Gasteiger partial charge < -0.3 is 15.6 Å². The van der Waals surface area contributed by atoms with Gasteiger partial charge in [-0.2, -0.15) is 4.90 Å². The van der Waals surface area contributed by atoms with E-state index in [-0.39, 0.29) is 34.3 Å². The number of amides is 6. The van der Waals surface area contributed by atoms with Crippen LogP contribution in [-0.2, 0) is 19.2 Å². The molecular formula is C23H18Br3Cl2N3O7. The second kappa shape index (κ2) is 9.18. The SMILES string of the molecule is COc1cc(C2C3=CCC4C(=O)N(C(N)=O)C(=O)C4C3CC3(Cl)C(=O)N(CBr)C(=O)C23Cl)c(Br)c(Br)c1O. The molecule has 2 aliphatic carbocycles. The average Bonchev–Trinajstić information content (AvgIpc) is 3.21.